The standard InChI is InChI=1S/C39H26NP/c40-27-28-19-21-31(22-20-28)36-25-23-29-11-7-9-17-34(29)38(36)39-35-18-10-8-12-30(35)24-26-37(39)41(32-13-3-1-4-14-32)33-15-5-2-6-16-33/h1-26H. The number of nitriles is 1. The summed E-state index contributed by atoms with van der Waals surface area (Å²) in [5, 5.41) is 18.3. The van der Waals surface area contributed by atoms with Crippen molar-refractivity contribution in [2.75, 3.05) is 0 Å². The molecule has 0 aromatic heterocycles. The van der Waals surface area contributed by atoms with Gasteiger partial charge in [-0.3, -0.25) is 0 Å². The molecular weight excluding hydrogens is 513 g/mol. The number of rotatable bonds is 5. The largest absolute Gasteiger partial charge is 0.192 e. The topological polar surface area (TPSA) is 23.8 Å². The van der Waals surface area contributed by atoms with Crippen LogP contribution in [-0.4, -0.2) is 0 Å². The molecule has 0 radical (unpaired) electrons. The summed E-state index contributed by atoms with van der Waals surface area (Å²) in [6.07, 6.45) is 0. The van der Waals surface area contributed by atoms with Crippen LogP contribution in [0.1, 0.15) is 5.56 Å². The fourth-order valence-electron chi connectivity index (χ4n) is 5.80. The van der Waals surface area contributed by atoms with Gasteiger partial charge in [-0.1, -0.05) is 146 Å². The first-order valence-corrected chi connectivity index (χ1v) is 15.1. The van der Waals surface area contributed by atoms with Gasteiger partial charge in [-0.25, -0.2) is 0 Å². The molecule has 0 aliphatic carbocycles. The Labute approximate surface area is 241 Å². The lowest BCUT2D eigenvalue weighted by molar-refractivity contribution is 1.48. The van der Waals surface area contributed by atoms with E-state index in [2.05, 4.69) is 152 Å². The van der Waals surface area contributed by atoms with Crippen LogP contribution in [0.3, 0.4) is 0 Å². The van der Waals surface area contributed by atoms with E-state index in [1.54, 1.807) is 0 Å². The Morgan fingerprint density at radius 3 is 1.54 bits per heavy atom. The summed E-state index contributed by atoms with van der Waals surface area (Å²) >= 11 is 0. The van der Waals surface area contributed by atoms with E-state index in [9.17, 15) is 5.26 Å². The summed E-state index contributed by atoms with van der Waals surface area (Å²) in [7, 11) is -0.851. The Morgan fingerprint density at radius 1 is 0.439 bits per heavy atom. The predicted molar refractivity (Wildman–Crippen MR) is 176 cm³/mol. The Morgan fingerprint density at radius 2 is 0.951 bits per heavy atom. The van der Waals surface area contributed by atoms with Gasteiger partial charge < -0.3 is 0 Å². The highest BCUT2D eigenvalue weighted by molar-refractivity contribution is 7.80. The monoisotopic (exact) mass is 539 g/mol. The minimum absolute atomic E-state index is 0.665. The van der Waals surface area contributed by atoms with E-state index < -0.39 is 7.92 Å². The third-order valence-electron chi connectivity index (χ3n) is 7.68. The molecule has 41 heavy (non-hydrogen) atoms. The van der Waals surface area contributed by atoms with E-state index in [-0.39, 0.29) is 0 Å². The SMILES string of the molecule is N#Cc1ccc(-c2ccc3ccccc3c2-c2c(P(c3ccccc3)c3ccccc3)ccc3ccccc23)cc1. The van der Waals surface area contributed by atoms with Gasteiger partial charge in [-0.05, 0) is 79.8 Å². The van der Waals surface area contributed by atoms with E-state index >= 15 is 0 Å². The first kappa shape index (κ1) is 25.0. The molecular formula is C39H26NP. The lowest BCUT2D eigenvalue weighted by Crippen LogP contribution is -2.22. The van der Waals surface area contributed by atoms with Gasteiger partial charge in [0.1, 0.15) is 0 Å². The van der Waals surface area contributed by atoms with Crippen molar-refractivity contribution in [2.45, 2.75) is 0 Å². The van der Waals surface area contributed by atoms with E-state index in [1.165, 1.54) is 54.1 Å². The van der Waals surface area contributed by atoms with Crippen LogP contribution in [0.15, 0.2) is 158 Å². The van der Waals surface area contributed by atoms with Gasteiger partial charge in [0.25, 0.3) is 0 Å². The third-order valence-corrected chi connectivity index (χ3v) is 10.2. The summed E-state index contributed by atoms with van der Waals surface area (Å²) in [6.45, 7) is 0. The highest BCUT2D eigenvalue weighted by atomic mass is 31.1. The first-order valence-electron chi connectivity index (χ1n) is 13.8. The van der Waals surface area contributed by atoms with E-state index in [4.69, 9.17) is 0 Å². The van der Waals surface area contributed by atoms with Crippen molar-refractivity contribution in [2.24, 2.45) is 0 Å². The van der Waals surface area contributed by atoms with Crippen LogP contribution in [0.4, 0.5) is 0 Å². The average molecular weight is 540 g/mol. The summed E-state index contributed by atoms with van der Waals surface area (Å²) in [5.41, 5.74) is 5.45. The Hall–Kier alpha value is -5.02. The van der Waals surface area contributed by atoms with Gasteiger partial charge in [0.05, 0.1) is 11.6 Å². The maximum Gasteiger partial charge on any atom is 0.0991 e. The minimum Gasteiger partial charge on any atom is -0.192 e. The molecule has 0 fully saturated rings. The normalized spacial score (nSPS) is 11.1. The van der Waals surface area contributed by atoms with Crippen molar-refractivity contribution >= 4 is 45.4 Å². The summed E-state index contributed by atoms with van der Waals surface area (Å²) in [5.74, 6) is 0. The van der Waals surface area contributed by atoms with Crippen LogP contribution >= 0.6 is 7.92 Å². The molecule has 0 amide bonds. The van der Waals surface area contributed by atoms with Crippen LogP contribution in [0.25, 0.3) is 43.8 Å². The van der Waals surface area contributed by atoms with Crippen molar-refractivity contribution in [3.05, 3.63) is 163 Å². The number of fused-ring (bicyclic) bond motifs is 2. The highest BCUT2D eigenvalue weighted by Gasteiger charge is 2.24. The van der Waals surface area contributed by atoms with Gasteiger partial charge in [-0.15, -0.1) is 0 Å². The summed E-state index contributed by atoms with van der Waals surface area (Å²) < 4.78 is 0. The molecule has 0 N–H and O–H groups in total. The molecule has 0 aliphatic rings. The average Bonchev–Trinajstić information content (AvgIpc) is 3.05. The molecule has 0 atom stereocenters. The second-order valence-electron chi connectivity index (χ2n) is 10.1. The summed E-state index contributed by atoms with van der Waals surface area (Å²) in [6, 6.07) is 58.6. The third kappa shape index (κ3) is 4.60. The number of benzene rings is 7. The number of hydrogen-bond acceptors (Lipinski definition) is 1. The molecule has 0 saturated carbocycles. The van der Waals surface area contributed by atoms with Crippen molar-refractivity contribution in [3.8, 4) is 28.3 Å². The zero-order valence-electron chi connectivity index (χ0n) is 22.4. The predicted octanol–water partition coefficient (Wildman–Crippen LogP) is 8.96. The fraction of sp³-hybridized carbons (Fsp3) is 0. The van der Waals surface area contributed by atoms with Crippen LogP contribution in [0, 0.1) is 11.3 Å². The molecule has 0 unspecified atom stereocenters. The zero-order chi connectivity index (χ0) is 27.6. The second-order valence-corrected chi connectivity index (χ2v) is 12.3. The molecule has 7 rings (SSSR count). The Balaban J connectivity index is 1.63. The molecule has 0 saturated heterocycles. The van der Waals surface area contributed by atoms with Gasteiger partial charge in [0, 0.05) is 0 Å². The lowest BCUT2D eigenvalue weighted by atomic mass is 9.87. The van der Waals surface area contributed by atoms with E-state index in [0.717, 1.165) is 5.56 Å². The van der Waals surface area contributed by atoms with Crippen molar-refractivity contribution < 1.29 is 0 Å². The molecule has 0 heterocycles. The van der Waals surface area contributed by atoms with Crippen LogP contribution in [0.5, 0.6) is 0 Å². The maximum absolute atomic E-state index is 9.46. The minimum atomic E-state index is -0.851. The molecule has 7 aromatic rings. The molecule has 1 nitrogen and oxygen atoms in total. The van der Waals surface area contributed by atoms with Crippen LogP contribution in [-0.2, 0) is 0 Å². The molecule has 7 aromatic carbocycles. The lowest BCUT2D eigenvalue weighted by Gasteiger charge is -2.26. The number of nitrogens with zero attached hydrogens (tertiary/aromatic N) is 1. The van der Waals surface area contributed by atoms with Gasteiger partial charge >= 0.3 is 0 Å². The van der Waals surface area contributed by atoms with Gasteiger partial charge in [-0.2, -0.15) is 5.26 Å². The van der Waals surface area contributed by atoms with Gasteiger partial charge in [0.2, 0.25) is 0 Å². The van der Waals surface area contributed by atoms with Crippen molar-refractivity contribution in [1.29, 1.82) is 5.26 Å². The fourth-order valence-corrected chi connectivity index (χ4v) is 8.27. The molecule has 0 bridgehead atoms. The van der Waals surface area contributed by atoms with Crippen molar-refractivity contribution in [3.63, 3.8) is 0 Å². The second kappa shape index (κ2) is 10.9. The Bertz CT molecular complexity index is 2000. The van der Waals surface area contributed by atoms with Crippen LogP contribution in [0.2, 0.25) is 0 Å². The van der Waals surface area contributed by atoms with E-state index in [1.807, 2.05) is 12.1 Å². The zero-order valence-corrected chi connectivity index (χ0v) is 23.3. The van der Waals surface area contributed by atoms with E-state index in [0.29, 0.717) is 5.56 Å². The molecule has 2 heteroatoms. The molecule has 0 spiro atoms. The number of hydrogen-bond donors (Lipinski definition) is 0. The van der Waals surface area contributed by atoms with Gasteiger partial charge in [0.15, 0.2) is 0 Å². The summed E-state index contributed by atoms with van der Waals surface area (Å²) in [4.78, 5) is 0. The quantitative estimate of drug-likeness (QED) is 0.200. The van der Waals surface area contributed by atoms with Crippen LogP contribution < -0.4 is 15.9 Å². The first-order chi connectivity index (χ1) is 20.3. The van der Waals surface area contributed by atoms with Crippen molar-refractivity contribution in [1.82, 2.24) is 0 Å². The Kier molecular flexibility index (Phi) is 6.62. The smallest absolute Gasteiger partial charge is 0.0991 e. The molecule has 192 valence electrons. The maximum atomic E-state index is 9.46. The molecule has 0 aliphatic heterocycles. The highest BCUT2D eigenvalue weighted by Crippen LogP contribution is 2.45.